The van der Waals surface area contributed by atoms with Crippen molar-refractivity contribution >= 4 is 23.5 Å². The number of methoxy groups -OCH3 is 1. The number of hydrogen-bond acceptors (Lipinski definition) is 6. The molecule has 26 heavy (non-hydrogen) atoms. The molecular weight excluding hydrogens is 332 g/mol. The van der Waals surface area contributed by atoms with Gasteiger partial charge in [-0.2, -0.15) is 0 Å². The summed E-state index contributed by atoms with van der Waals surface area (Å²) in [5.41, 5.74) is 1.53. The Morgan fingerprint density at radius 3 is 2.50 bits per heavy atom. The number of aromatic nitrogens is 2. The molecule has 0 aliphatic heterocycles. The van der Waals surface area contributed by atoms with Gasteiger partial charge in [-0.3, -0.25) is 4.79 Å². The fraction of sp³-hybridized carbons (Fsp3) is 0.368. The van der Waals surface area contributed by atoms with E-state index in [1.54, 1.807) is 24.3 Å². The van der Waals surface area contributed by atoms with E-state index in [1.807, 2.05) is 0 Å². The largest absolute Gasteiger partial charge is 0.465 e. The molecule has 136 valence electrons. The fourth-order valence-corrected chi connectivity index (χ4v) is 3.00. The molecule has 3 rings (SSSR count). The van der Waals surface area contributed by atoms with E-state index in [-0.39, 0.29) is 11.9 Å². The number of ether oxygens (including phenoxy) is 1. The first kappa shape index (κ1) is 17.8. The lowest BCUT2D eigenvalue weighted by atomic mass is 9.95. The minimum atomic E-state index is -0.413. The Hall–Kier alpha value is -2.96. The van der Waals surface area contributed by atoms with Crippen molar-refractivity contribution in [2.75, 3.05) is 12.4 Å². The van der Waals surface area contributed by atoms with Gasteiger partial charge in [0.15, 0.2) is 0 Å². The van der Waals surface area contributed by atoms with E-state index in [2.05, 4.69) is 20.6 Å². The summed E-state index contributed by atoms with van der Waals surface area (Å²) < 4.78 is 4.70. The molecule has 0 saturated heterocycles. The molecule has 2 aromatic rings. The SMILES string of the molecule is COC(=O)c1cccc(Nc2ncc(C(=O)NC3CCCCC3)cn2)c1. The lowest BCUT2D eigenvalue weighted by Gasteiger charge is -2.22. The molecule has 2 N–H and O–H groups in total. The van der Waals surface area contributed by atoms with E-state index in [0.717, 1.165) is 25.7 Å². The minimum Gasteiger partial charge on any atom is -0.465 e. The van der Waals surface area contributed by atoms with Crippen molar-refractivity contribution in [1.82, 2.24) is 15.3 Å². The highest BCUT2D eigenvalue weighted by molar-refractivity contribution is 5.94. The Morgan fingerprint density at radius 1 is 1.08 bits per heavy atom. The smallest absolute Gasteiger partial charge is 0.337 e. The number of nitrogens with zero attached hydrogens (tertiary/aromatic N) is 2. The predicted octanol–water partition coefficient (Wildman–Crippen LogP) is 3.07. The van der Waals surface area contributed by atoms with Crippen molar-refractivity contribution in [2.45, 2.75) is 38.1 Å². The third-order valence-electron chi connectivity index (χ3n) is 4.39. The average Bonchev–Trinajstić information content (AvgIpc) is 2.69. The third-order valence-corrected chi connectivity index (χ3v) is 4.39. The maximum Gasteiger partial charge on any atom is 0.337 e. The zero-order valence-corrected chi connectivity index (χ0v) is 14.7. The molecule has 0 spiro atoms. The quantitative estimate of drug-likeness (QED) is 0.802. The van der Waals surface area contributed by atoms with Crippen LogP contribution in [0.3, 0.4) is 0 Å². The summed E-state index contributed by atoms with van der Waals surface area (Å²) in [4.78, 5) is 32.2. The molecule has 1 fully saturated rings. The number of carbonyl (C=O) groups excluding carboxylic acids is 2. The van der Waals surface area contributed by atoms with Gasteiger partial charge in [-0.1, -0.05) is 25.3 Å². The first-order valence-corrected chi connectivity index (χ1v) is 8.74. The van der Waals surface area contributed by atoms with Gasteiger partial charge in [-0.05, 0) is 31.0 Å². The first-order chi connectivity index (χ1) is 12.7. The van der Waals surface area contributed by atoms with Crippen LogP contribution in [0.5, 0.6) is 0 Å². The number of benzene rings is 1. The topological polar surface area (TPSA) is 93.2 Å². The molecule has 1 aromatic carbocycles. The first-order valence-electron chi connectivity index (χ1n) is 8.74. The molecule has 1 aliphatic rings. The van der Waals surface area contributed by atoms with Gasteiger partial charge in [0.25, 0.3) is 5.91 Å². The number of amides is 1. The molecule has 1 heterocycles. The van der Waals surface area contributed by atoms with Crippen molar-refractivity contribution < 1.29 is 14.3 Å². The monoisotopic (exact) mass is 354 g/mol. The summed E-state index contributed by atoms with van der Waals surface area (Å²) in [6, 6.07) is 7.09. The number of carbonyl (C=O) groups is 2. The highest BCUT2D eigenvalue weighted by Gasteiger charge is 2.17. The zero-order chi connectivity index (χ0) is 18.4. The summed E-state index contributed by atoms with van der Waals surface area (Å²) >= 11 is 0. The van der Waals surface area contributed by atoms with E-state index in [0.29, 0.717) is 22.8 Å². The molecular formula is C19H22N4O3. The number of hydrogen-bond donors (Lipinski definition) is 2. The van der Waals surface area contributed by atoms with Gasteiger partial charge >= 0.3 is 5.97 Å². The summed E-state index contributed by atoms with van der Waals surface area (Å²) in [6.07, 6.45) is 8.62. The van der Waals surface area contributed by atoms with E-state index in [9.17, 15) is 9.59 Å². The maximum absolute atomic E-state index is 12.3. The van der Waals surface area contributed by atoms with Crippen LogP contribution in [-0.2, 0) is 4.74 Å². The molecule has 0 bridgehead atoms. The summed E-state index contributed by atoms with van der Waals surface area (Å²) in [5, 5.41) is 6.05. The summed E-state index contributed by atoms with van der Waals surface area (Å²) in [6.45, 7) is 0. The summed E-state index contributed by atoms with van der Waals surface area (Å²) in [5.74, 6) is -0.207. The third kappa shape index (κ3) is 4.56. The van der Waals surface area contributed by atoms with Crippen LogP contribution in [0.4, 0.5) is 11.6 Å². The molecule has 0 unspecified atom stereocenters. The van der Waals surface area contributed by atoms with E-state index >= 15 is 0 Å². The van der Waals surface area contributed by atoms with Gasteiger partial charge in [-0.15, -0.1) is 0 Å². The molecule has 7 nitrogen and oxygen atoms in total. The molecule has 7 heteroatoms. The minimum absolute atomic E-state index is 0.142. The summed E-state index contributed by atoms with van der Waals surface area (Å²) in [7, 11) is 1.34. The number of rotatable bonds is 5. The Morgan fingerprint density at radius 2 is 1.81 bits per heavy atom. The van der Waals surface area contributed by atoms with Gasteiger partial charge in [0.05, 0.1) is 18.2 Å². The Balaban J connectivity index is 1.62. The van der Waals surface area contributed by atoms with Crippen molar-refractivity contribution in [3.63, 3.8) is 0 Å². The van der Waals surface area contributed by atoms with Crippen LogP contribution < -0.4 is 10.6 Å². The fourth-order valence-electron chi connectivity index (χ4n) is 3.00. The average molecular weight is 354 g/mol. The Labute approximate surface area is 152 Å². The van der Waals surface area contributed by atoms with Crippen LogP contribution >= 0.6 is 0 Å². The van der Waals surface area contributed by atoms with E-state index in [1.165, 1.54) is 25.9 Å². The van der Waals surface area contributed by atoms with Crippen LogP contribution in [-0.4, -0.2) is 35.0 Å². The standard InChI is InChI=1S/C19H22N4O3/c1-26-18(25)13-6-5-9-16(10-13)23-19-20-11-14(12-21-19)17(24)22-15-7-3-2-4-8-15/h5-6,9-12,15H,2-4,7-8H2,1H3,(H,22,24)(H,20,21,23). The van der Waals surface area contributed by atoms with Crippen molar-refractivity contribution in [2.24, 2.45) is 0 Å². The van der Waals surface area contributed by atoms with E-state index in [4.69, 9.17) is 4.74 Å². The second-order valence-corrected chi connectivity index (χ2v) is 6.30. The van der Waals surface area contributed by atoms with Gasteiger partial charge in [0.2, 0.25) is 5.95 Å². The predicted molar refractivity (Wildman–Crippen MR) is 97.4 cm³/mol. The number of anilines is 2. The van der Waals surface area contributed by atoms with Gasteiger partial charge in [0, 0.05) is 24.1 Å². The second-order valence-electron chi connectivity index (χ2n) is 6.30. The zero-order valence-electron chi connectivity index (χ0n) is 14.7. The molecule has 1 aromatic heterocycles. The number of nitrogens with one attached hydrogen (secondary N) is 2. The normalized spacial score (nSPS) is 14.5. The van der Waals surface area contributed by atoms with Crippen LogP contribution in [0.25, 0.3) is 0 Å². The molecule has 0 radical (unpaired) electrons. The van der Waals surface area contributed by atoms with Crippen LogP contribution in [0.2, 0.25) is 0 Å². The van der Waals surface area contributed by atoms with Crippen molar-refractivity contribution in [3.8, 4) is 0 Å². The molecule has 0 atom stereocenters. The van der Waals surface area contributed by atoms with E-state index < -0.39 is 5.97 Å². The molecule has 1 aliphatic carbocycles. The number of esters is 1. The second kappa shape index (κ2) is 8.42. The lowest BCUT2D eigenvalue weighted by molar-refractivity contribution is 0.0600. The maximum atomic E-state index is 12.3. The molecule has 1 amide bonds. The van der Waals surface area contributed by atoms with Gasteiger partial charge in [-0.25, -0.2) is 14.8 Å². The van der Waals surface area contributed by atoms with Crippen molar-refractivity contribution in [3.05, 3.63) is 47.8 Å². The molecule has 1 saturated carbocycles. The van der Waals surface area contributed by atoms with Gasteiger partial charge < -0.3 is 15.4 Å². The highest BCUT2D eigenvalue weighted by Crippen LogP contribution is 2.18. The highest BCUT2D eigenvalue weighted by atomic mass is 16.5. The Bertz CT molecular complexity index is 771. The van der Waals surface area contributed by atoms with Crippen molar-refractivity contribution in [1.29, 1.82) is 0 Å². The lowest BCUT2D eigenvalue weighted by Crippen LogP contribution is -2.36. The van der Waals surface area contributed by atoms with Crippen LogP contribution in [0.15, 0.2) is 36.7 Å². The Kier molecular flexibility index (Phi) is 5.78. The van der Waals surface area contributed by atoms with Crippen LogP contribution in [0.1, 0.15) is 52.8 Å². The van der Waals surface area contributed by atoms with Crippen LogP contribution in [0, 0.1) is 0 Å². The van der Waals surface area contributed by atoms with Gasteiger partial charge in [0.1, 0.15) is 0 Å².